The summed E-state index contributed by atoms with van der Waals surface area (Å²) in [6.07, 6.45) is 1.14. The van der Waals surface area contributed by atoms with Crippen LogP contribution in [0.3, 0.4) is 0 Å². The number of carbonyl (C=O) groups excluding carboxylic acids is 1. The first-order chi connectivity index (χ1) is 9.10. The summed E-state index contributed by atoms with van der Waals surface area (Å²) in [6, 6.07) is 7.53. The van der Waals surface area contributed by atoms with E-state index in [4.69, 9.17) is 9.26 Å². The molecular formula is C15H17NO3. The van der Waals surface area contributed by atoms with Gasteiger partial charge in [0.1, 0.15) is 11.5 Å². The van der Waals surface area contributed by atoms with Gasteiger partial charge in [-0.3, -0.25) is 4.79 Å². The highest BCUT2D eigenvalue weighted by molar-refractivity contribution is 5.75. The maximum atomic E-state index is 11.8. The molecule has 0 fully saturated rings. The fraction of sp³-hybridized carbons (Fsp3) is 0.333. The molecule has 100 valence electrons. The number of aryl methyl sites for hydroxylation is 3. The first-order valence-corrected chi connectivity index (χ1v) is 6.31. The predicted molar refractivity (Wildman–Crippen MR) is 71.1 cm³/mol. The van der Waals surface area contributed by atoms with E-state index < -0.39 is 0 Å². The lowest BCUT2D eigenvalue weighted by Crippen LogP contribution is -2.12. The lowest BCUT2D eigenvalue weighted by atomic mass is 10.1. The van der Waals surface area contributed by atoms with E-state index in [0.717, 1.165) is 17.7 Å². The summed E-state index contributed by atoms with van der Waals surface area (Å²) < 4.78 is 10.3. The van der Waals surface area contributed by atoms with Gasteiger partial charge in [0.15, 0.2) is 0 Å². The Balaban J connectivity index is 2.01. The van der Waals surface area contributed by atoms with E-state index in [1.807, 2.05) is 31.2 Å². The number of rotatable bonds is 4. The van der Waals surface area contributed by atoms with E-state index in [-0.39, 0.29) is 12.4 Å². The van der Waals surface area contributed by atoms with Crippen molar-refractivity contribution in [1.82, 2.24) is 5.16 Å². The molecule has 2 rings (SSSR count). The molecule has 0 radical (unpaired) electrons. The molecule has 0 aliphatic carbocycles. The monoisotopic (exact) mass is 259 g/mol. The molecule has 1 aromatic carbocycles. The molecule has 0 aliphatic rings. The van der Waals surface area contributed by atoms with E-state index in [0.29, 0.717) is 11.5 Å². The average molecular weight is 259 g/mol. The van der Waals surface area contributed by atoms with Gasteiger partial charge < -0.3 is 9.26 Å². The SMILES string of the molecule is CCc1ccc(OC(=O)Cc2c(C)noc2C)cc1. The van der Waals surface area contributed by atoms with Crippen molar-refractivity contribution in [3.63, 3.8) is 0 Å². The third kappa shape index (κ3) is 3.22. The summed E-state index contributed by atoms with van der Waals surface area (Å²) in [7, 11) is 0. The third-order valence-electron chi connectivity index (χ3n) is 3.07. The summed E-state index contributed by atoms with van der Waals surface area (Å²) in [5.74, 6) is 0.920. The first kappa shape index (κ1) is 13.3. The second-order valence-corrected chi connectivity index (χ2v) is 4.45. The van der Waals surface area contributed by atoms with Crippen LogP contribution in [0.2, 0.25) is 0 Å². The molecule has 0 aliphatic heterocycles. The van der Waals surface area contributed by atoms with Crippen molar-refractivity contribution in [3.8, 4) is 5.75 Å². The van der Waals surface area contributed by atoms with Crippen molar-refractivity contribution >= 4 is 5.97 Å². The molecule has 19 heavy (non-hydrogen) atoms. The summed E-state index contributed by atoms with van der Waals surface area (Å²) in [5.41, 5.74) is 2.75. The van der Waals surface area contributed by atoms with Crippen molar-refractivity contribution in [1.29, 1.82) is 0 Å². The van der Waals surface area contributed by atoms with Crippen molar-refractivity contribution in [3.05, 3.63) is 46.8 Å². The maximum Gasteiger partial charge on any atom is 0.315 e. The fourth-order valence-electron chi connectivity index (χ4n) is 1.86. The molecule has 0 N–H and O–H groups in total. The Kier molecular flexibility index (Phi) is 4.00. The lowest BCUT2D eigenvalue weighted by molar-refractivity contribution is -0.133. The molecule has 1 heterocycles. The highest BCUT2D eigenvalue weighted by Gasteiger charge is 2.14. The van der Waals surface area contributed by atoms with Gasteiger partial charge in [0, 0.05) is 5.56 Å². The second-order valence-electron chi connectivity index (χ2n) is 4.45. The van der Waals surface area contributed by atoms with Gasteiger partial charge in [0.05, 0.1) is 12.1 Å². The number of esters is 1. The van der Waals surface area contributed by atoms with Crippen LogP contribution < -0.4 is 4.74 Å². The topological polar surface area (TPSA) is 52.3 Å². The third-order valence-corrected chi connectivity index (χ3v) is 3.07. The molecule has 0 saturated heterocycles. The lowest BCUT2D eigenvalue weighted by Gasteiger charge is -2.05. The summed E-state index contributed by atoms with van der Waals surface area (Å²) >= 11 is 0. The zero-order valence-electron chi connectivity index (χ0n) is 11.4. The van der Waals surface area contributed by atoms with E-state index in [1.54, 1.807) is 6.92 Å². The predicted octanol–water partition coefficient (Wildman–Crippen LogP) is 3.00. The van der Waals surface area contributed by atoms with Crippen molar-refractivity contribution in [2.45, 2.75) is 33.6 Å². The highest BCUT2D eigenvalue weighted by atomic mass is 16.5. The Hall–Kier alpha value is -2.10. The molecule has 0 spiro atoms. The largest absolute Gasteiger partial charge is 0.426 e. The van der Waals surface area contributed by atoms with Gasteiger partial charge in [-0.15, -0.1) is 0 Å². The van der Waals surface area contributed by atoms with E-state index in [9.17, 15) is 4.79 Å². The van der Waals surface area contributed by atoms with E-state index in [1.165, 1.54) is 5.56 Å². The smallest absolute Gasteiger partial charge is 0.315 e. The van der Waals surface area contributed by atoms with Crippen molar-refractivity contribution < 1.29 is 14.1 Å². The van der Waals surface area contributed by atoms with Crippen LogP contribution in [0, 0.1) is 13.8 Å². The summed E-state index contributed by atoms with van der Waals surface area (Å²) in [4.78, 5) is 11.8. The molecule has 0 atom stereocenters. The Morgan fingerprint density at radius 1 is 1.26 bits per heavy atom. The minimum absolute atomic E-state index is 0.177. The molecule has 0 amide bonds. The second kappa shape index (κ2) is 5.69. The van der Waals surface area contributed by atoms with Gasteiger partial charge in [0.25, 0.3) is 0 Å². The van der Waals surface area contributed by atoms with Crippen LogP contribution in [0.15, 0.2) is 28.8 Å². The quantitative estimate of drug-likeness (QED) is 0.625. The first-order valence-electron chi connectivity index (χ1n) is 6.31. The normalized spacial score (nSPS) is 10.5. The van der Waals surface area contributed by atoms with Gasteiger partial charge in [-0.1, -0.05) is 24.2 Å². The molecule has 1 aromatic heterocycles. The minimum atomic E-state index is -0.307. The highest BCUT2D eigenvalue weighted by Crippen LogP contribution is 2.16. The molecule has 0 saturated carbocycles. The standard InChI is InChI=1S/C15H17NO3/c1-4-12-5-7-13(8-6-12)18-15(17)9-14-10(2)16-19-11(14)3/h5-8H,4,9H2,1-3H3. The van der Waals surface area contributed by atoms with Crippen molar-refractivity contribution in [2.24, 2.45) is 0 Å². The summed E-state index contributed by atoms with van der Waals surface area (Å²) in [5, 5.41) is 3.82. The average Bonchev–Trinajstić information content (AvgIpc) is 2.71. The van der Waals surface area contributed by atoms with Crippen LogP contribution >= 0.6 is 0 Å². The number of nitrogens with zero attached hydrogens (tertiary/aromatic N) is 1. The molecule has 0 unspecified atom stereocenters. The van der Waals surface area contributed by atoms with Gasteiger partial charge in [0.2, 0.25) is 0 Å². The molecule has 2 aromatic rings. The number of carbonyl (C=O) groups is 1. The van der Waals surface area contributed by atoms with Gasteiger partial charge >= 0.3 is 5.97 Å². The van der Waals surface area contributed by atoms with Gasteiger partial charge in [-0.2, -0.15) is 0 Å². The Morgan fingerprint density at radius 3 is 2.47 bits per heavy atom. The molecule has 4 nitrogen and oxygen atoms in total. The Labute approximate surface area is 112 Å². The number of hydrogen-bond acceptors (Lipinski definition) is 4. The zero-order valence-corrected chi connectivity index (χ0v) is 11.4. The van der Waals surface area contributed by atoms with Crippen LogP contribution in [-0.4, -0.2) is 11.1 Å². The number of ether oxygens (including phenoxy) is 1. The van der Waals surface area contributed by atoms with E-state index >= 15 is 0 Å². The van der Waals surface area contributed by atoms with Crippen LogP contribution in [0.1, 0.15) is 29.5 Å². The van der Waals surface area contributed by atoms with Crippen molar-refractivity contribution in [2.75, 3.05) is 0 Å². The Bertz CT molecular complexity index is 550. The number of aromatic nitrogens is 1. The van der Waals surface area contributed by atoms with Gasteiger partial charge in [-0.05, 0) is 38.0 Å². The molecule has 4 heteroatoms. The minimum Gasteiger partial charge on any atom is -0.426 e. The van der Waals surface area contributed by atoms with Crippen LogP contribution in [-0.2, 0) is 17.6 Å². The Morgan fingerprint density at radius 2 is 1.95 bits per heavy atom. The summed E-state index contributed by atoms with van der Waals surface area (Å²) in [6.45, 7) is 5.69. The molecular weight excluding hydrogens is 242 g/mol. The maximum absolute atomic E-state index is 11.8. The number of hydrogen-bond donors (Lipinski definition) is 0. The fourth-order valence-corrected chi connectivity index (χ4v) is 1.86. The zero-order chi connectivity index (χ0) is 13.8. The molecule has 0 bridgehead atoms. The number of benzene rings is 1. The van der Waals surface area contributed by atoms with Gasteiger partial charge in [-0.25, -0.2) is 0 Å². The van der Waals surface area contributed by atoms with Crippen LogP contribution in [0.4, 0.5) is 0 Å². The van der Waals surface area contributed by atoms with E-state index in [2.05, 4.69) is 12.1 Å². The van der Waals surface area contributed by atoms with Crippen LogP contribution in [0.25, 0.3) is 0 Å². The van der Waals surface area contributed by atoms with Crippen LogP contribution in [0.5, 0.6) is 5.75 Å².